The summed E-state index contributed by atoms with van der Waals surface area (Å²) in [6, 6.07) is 1.54. The van der Waals surface area contributed by atoms with Crippen LogP contribution in [0.15, 0.2) is 27.8 Å². The number of halogens is 1. The summed E-state index contributed by atoms with van der Waals surface area (Å²) < 4.78 is 33.1. The topological polar surface area (TPSA) is 68.3 Å². The van der Waals surface area contributed by atoms with Crippen LogP contribution in [0, 0.1) is 5.92 Å². The van der Waals surface area contributed by atoms with Gasteiger partial charge in [0.15, 0.2) is 0 Å². The molecule has 1 aliphatic rings. The van der Waals surface area contributed by atoms with Crippen LogP contribution in [-0.4, -0.2) is 32.7 Å². The Labute approximate surface area is 121 Å². The Bertz CT molecular complexity index is 536. The maximum atomic E-state index is 12.1. The number of pyridine rings is 1. The average Bonchev–Trinajstić information content (AvgIpc) is 2.84. The third-order valence-corrected chi connectivity index (χ3v) is 5.10. The lowest BCUT2D eigenvalue weighted by molar-refractivity contribution is 0.0884. The molecule has 2 heterocycles. The van der Waals surface area contributed by atoms with Gasteiger partial charge in [0, 0.05) is 35.9 Å². The molecule has 0 amide bonds. The number of rotatable bonds is 5. The second-order valence-electron chi connectivity index (χ2n) is 4.56. The average molecular weight is 349 g/mol. The van der Waals surface area contributed by atoms with Gasteiger partial charge < -0.3 is 4.74 Å². The van der Waals surface area contributed by atoms with E-state index in [1.54, 1.807) is 6.20 Å². The predicted octanol–water partition coefficient (Wildman–Crippen LogP) is 1.94. The fraction of sp³-hybridized carbons (Fsp3) is 0.583. The van der Waals surface area contributed by atoms with E-state index in [4.69, 9.17) is 4.74 Å². The van der Waals surface area contributed by atoms with Gasteiger partial charge in [-0.15, -0.1) is 0 Å². The molecule has 0 aromatic carbocycles. The minimum absolute atomic E-state index is 0.156. The highest BCUT2D eigenvalue weighted by Gasteiger charge is 2.28. The van der Waals surface area contributed by atoms with E-state index in [9.17, 15) is 8.42 Å². The molecule has 0 bridgehead atoms. The zero-order valence-corrected chi connectivity index (χ0v) is 13.1. The molecule has 19 heavy (non-hydrogen) atoms. The van der Waals surface area contributed by atoms with Crippen LogP contribution in [0.25, 0.3) is 0 Å². The van der Waals surface area contributed by atoms with Crippen molar-refractivity contribution in [1.29, 1.82) is 0 Å². The molecule has 2 rings (SSSR count). The SMILES string of the molecule is CCC1OCCC1CNS(=O)(=O)c1cncc(Br)c1. The summed E-state index contributed by atoms with van der Waals surface area (Å²) in [5.74, 6) is 0.250. The maximum absolute atomic E-state index is 12.1. The van der Waals surface area contributed by atoms with Gasteiger partial charge in [0.25, 0.3) is 0 Å². The van der Waals surface area contributed by atoms with E-state index in [1.807, 2.05) is 0 Å². The molecule has 1 saturated heterocycles. The summed E-state index contributed by atoms with van der Waals surface area (Å²) in [5.41, 5.74) is 0. The molecule has 1 aromatic heterocycles. The van der Waals surface area contributed by atoms with Gasteiger partial charge in [0.05, 0.1) is 6.10 Å². The van der Waals surface area contributed by atoms with Crippen LogP contribution in [0.4, 0.5) is 0 Å². The Hall–Kier alpha value is -0.500. The molecule has 5 nitrogen and oxygen atoms in total. The van der Waals surface area contributed by atoms with E-state index < -0.39 is 10.0 Å². The van der Waals surface area contributed by atoms with E-state index >= 15 is 0 Å². The minimum Gasteiger partial charge on any atom is -0.378 e. The van der Waals surface area contributed by atoms with Gasteiger partial charge in [-0.05, 0) is 34.8 Å². The van der Waals surface area contributed by atoms with Crippen molar-refractivity contribution in [2.24, 2.45) is 5.92 Å². The third kappa shape index (κ3) is 3.75. The first-order chi connectivity index (χ1) is 9.03. The first-order valence-corrected chi connectivity index (χ1v) is 8.52. The Morgan fingerprint density at radius 3 is 3.00 bits per heavy atom. The monoisotopic (exact) mass is 348 g/mol. The summed E-state index contributed by atoms with van der Waals surface area (Å²) in [4.78, 5) is 4.05. The van der Waals surface area contributed by atoms with Gasteiger partial charge in [-0.1, -0.05) is 6.92 Å². The molecule has 1 N–H and O–H groups in total. The Kier molecular flexibility index (Phi) is 4.94. The van der Waals surface area contributed by atoms with Crippen LogP contribution in [0.1, 0.15) is 19.8 Å². The van der Waals surface area contributed by atoms with Crippen LogP contribution in [0.5, 0.6) is 0 Å². The fourth-order valence-electron chi connectivity index (χ4n) is 2.22. The normalized spacial score (nSPS) is 23.7. The molecular weight excluding hydrogens is 332 g/mol. The predicted molar refractivity (Wildman–Crippen MR) is 75.3 cm³/mol. The van der Waals surface area contributed by atoms with Gasteiger partial charge >= 0.3 is 0 Å². The summed E-state index contributed by atoms with van der Waals surface area (Å²) >= 11 is 3.22. The van der Waals surface area contributed by atoms with Crippen LogP contribution >= 0.6 is 15.9 Å². The lowest BCUT2D eigenvalue weighted by Crippen LogP contribution is -2.32. The summed E-state index contributed by atoms with van der Waals surface area (Å²) in [7, 11) is -3.50. The lowest BCUT2D eigenvalue weighted by Gasteiger charge is -2.17. The lowest BCUT2D eigenvalue weighted by atomic mass is 10.0. The smallest absolute Gasteiger partial charge is 0.242 e. The maximum Gasteiger partial charge on any atom is 0.242 e. The number of sulfonamides is 1. The van der Waals surface area contributed by atoms with Crippen molar-refractivity contribution < 1.29 is 13.2 Å². The van der Waals surface area contributed by atoms with Crippen molar-refractivity contribution in [3.63, 3.8) is 0 Å². The molecule has 0 saturated carbocycles. The molecular formula is C12H17BrN2O3S. The van der Waals surface area contributed by atoms with Crippen molar-refractivity contribution in [1.82, 2.24) is 9.71 Å². The van der Waals surface area contributed by atoms with E-state index in [1.165, 1.54) is 12.3 Å². The van der Waals surface area contributed by atoms with Crippen LogP contribution in [-0.2, 0) is 14.8 Å². The molecule has 1 aromatic rings. The molecule has 7 heteroatoms. The molecule has 0 radical (unpaired) electrons. The summed E-state index contributed by atoms with van der Waals surface area (Å²) in [6.45, 7) is 3.17. The van der Waals surface area contributed by atoms with Gasteiger partial charge in [0.1, 0.15) is 4.90 Å². The second-order valence-corrected chi connectivity index (χ2v) is 7.24. The highest BCUT2D eigenvalue weighted by Crippen LogP contribution is 2.23. The van der Waals surface area contributed by atoms with Crippen LogP contribution < -0.4 is 4.72 Å². The molecule has 1 fully saturated rings. The Morgan fingerprint density at radius 2 is 2.32 bits per heavy atom. The molecule has 0 aliphatic carbocycles. The van der Waals surface area contributed by atoms with Crippen molar-refractivity contribution in [3.8, 4) is 0 Å². The highest BCUT2D eigenvalue weighted by atomic mass is 79.9. The van der Waals surface area contributed by atoms with E-state index in [0.717, 1.165) is 12.8 Å². The zero-order valence-electron chi connectivity index (χ0n) is 10.7. The molecule has 2 unspecified atom stereocenters. The highest BCUT2D eigenvalue weighted by molar-refractivity contribution is 9.10. The number of hydrogen-bond acceptors (Lipinski definition) is 4. The second kappa shape index (κ2) is 6.30. The van der Waals surface area contributed by atoms with Crippen molar-refractivity contribution in [2.45, 2.75) is 30.8 Å². The number of aromatic nitrogens is 1. The van der Waals surface area contributed by atoms with Crippen molar-refractivity contribution in [3.05, 3.63) is 22.9 Å². The summed E-state index contributed by atoms with van der Waals surface area (Å²) in [5, 5.41) is 0. The summed E-state index contributed by atoms with van der Waals surface area (Å²) in [6.07, 6.45) is 4.86. The Morgan fingerprint density at radius 1 is 1.53 bits per heavy atom. The standard InChI is InChI=1S/C12H17BrN2O3S/c1-2-12-9(3-4-18-12)6-15-19(16,17)11-5-10(13)7-14-8-11/h5,7-9,12,15H,2-4,6H2,1H3. The zero-order chi connectivity index (χ0) is 13.9. The minimum atomic E-state index is -3.50. The van der Waals surface area contributed by atoms with Gasteiger partial charge in [-0.2, -0.15) is 0 Å². The molecule has 106 valence electrons. The van der Waals surface area contributed by atoms with Gasteiger partial charge in [-0.25, -0.2) is 13.1 Å². The first kappa shape index (κ1) is 14.9. The van der Waals surface area contributed by atoms with E-state index in [-0.39, 0.29) is 16.9 Å². The van der Waals surface area contributed by atoms with Gasteiger partial charge in [0.2, 0.25) is 10.0 Å². The van der Waals surface area contributed by atoms with Crippen molar-refractivity contribution >= 4 is 26.0 Å². The number of ether oxygens (including phenoxy) is 1. The molecule has 0 spiro atoms. The Balaban J connectivity index is 2.02. The van der Waals surface area contributed by atoms with Gasteiger partial charge in [-0.3, -0.25) is 4.98 Å². The van der Waals surface area contributed by atoms with Crippen molar-refractivity contribution in [2.75, 3.05) is 13.2 Å². The molecule has 2 atom stereocenters. The number of hydrogen-bond donors (Lipinski definition) is 1. The third-order valence-electron chi connectivity index (χ3n) is 3.27. The quantitative estimate of drug-likeness (QED) is 0.882. The largest absolute Gasteiger partial charge is 0.378 e. The fourth-order valence-corrected chi connectivity index (χ4v) is 3.82. The van der Waals surface area contributed by atoms with E-state index in [2.05, 4.69) is 32.6 Å². The molecule has 1 aliphatic heterocycles. The van der Waals surface area contributed by atoms with Crippen LogP contribution in [0.2, 0.25) is 0 Å². The van der Waals surface area contributed by atoms with E-state index in [0.29, 0.717) is 17.6 Å². The number of nitrogens with zero attached hydrogens (tertiary/aromatic N) is 1. The van der Waals surface area contributed by atoms with Crippen LogP contribution in [0.3, 0.4) is 0 Å². The first-order valence-electron chi connectivity index (χ1n) is 6.24. The number of nitrogens with one attached hydrogen (secondary N) is 1.